The molecule has 5 nitrogen and oxygen atoms in total. The van der Waals surface area contributed by atoms with Crippen molar-refractivity contribution in [2.24, 2.45) is 5.92 Å². The van der Waals surface area contributed by atoms with E-state index >= 15 is 0 Å². The molecule has 2 aliphatic heterocycles. The molecule has 1 N–H and O–H groups in total. The molecule has 3 fully saturated rings. The first kappa shape index (κ1) is 12.9. The number of nitrogens with one attached hydrogen (secondary N) is 1. The molecule has 106 valence electrons. The van der Waals surface area contributed by atoms with Gasteiger partial charge in [0.2, 0.25) is 11.8 Å². The summed E-state index contributed by atoms with van der Waals surface area (Å²) in [6.45, 7) is 4.89. The van der Waals surface area contributed by atoms with Gasteiger partial charge in [0.25, 0.3) is 0 Å². The number of nitrogens with zero attached hydrogens (tertiary/aromatic N) is 1. The van der Waals surface area contributed by atoms with Crippen LogP contribution in [0.3, 0.4) is 0 Å². The minimum Gasteiger partial charge on any atom is -0.371 e. The predicted octanol–water partition coefficient (Wildman–Crippen LogP) is 0.681. The zero-order chi connectivity index (χ0) is 13.6. The van der Waals surface area contributed by atoms with Gasteiger partial charge in [-0.15, -0.1) is 0 Å². The van der Waals surface area contributed by atoms with Crippen LogP contribution in [0.25, 0.3) is 0 Å². The number of hydrogen-bond acceptors (Lipinski definition) is 3. The lowest BCUT2D eigenvalue weighted by atomic mass is 10.0. The molecule has 2 heterocycles. The van der Waals surface area contributed by atoms with Crippen LogP contribution in [0.1, 0.15) is 39.5 Å². The van der Waals surface area contributed by atoms with E-state index in [-0.39, 0.29) is 36.1 Å². The van der Waals surface area contributed by atoms with Crippen LogP contribution in [0.15, 0.2) is 0 Å². The zero-order valence-corrected chi connectivity index (χ0v) is 11.6. The van der Waals surface area contributed by atoms with Crippen LogP contribution >= 0.6 is 0 Å². The second kappa shape index (κ2) is 4.47. The maximum atomic E-state index is 12.4. The lowest BCUT2D eigenvalue weighted by Crippen LogP contribution is -2.60. The van der Waals surface area contributed by atoms with E-state index in [4.69, 9.17) is 4.74 Å². The van der Waals surface area contributed by atoms with E-state index < -0.39 is 0 Å². The van der Waals surface area contributed by atoms with Gasteiger partial charge in [0.05, 0.1) is 18.2 Å². The zero-order valence-electron chi connectivity index (χ0n) is 11.6. The highest BCUT2D eigenvalue weighted by atomic mass is 16.5. The number of ether oxygens (including phenoxy) is 1. The van der Waals surface area contributed by atoms with Crippen LogP contribution in [0.4, 0.5) is 0 Å². The van der Waals surface area contributed by atoms with Gasteiger partial charge in [-0.2, -0.15) is 0 Å². The van der Waals surface area contributed by atoms with E-state index in [1.807, 2.05) is 0 Å². The molecule has 0 radical (unpaired) electrons. The molecule has 0 spiro atoms. The number of carbonyl (C=O) groups is 2. The van der Waals surface area contributed by atoms with Gasteiger partial charge in [0, 0.05) is 6.54 Å². The number of hydrogen-bond donors (Lipinski definition) is 1. The smallest absolute Gasteiger partial charge is 0.245 e. The second-order valence-electron chi connectivity index (χ2n) is 6.64. The van der Waals surface area contributed by atoms with E-state index in [2.05, 4.69) is 19.2 Å². The largest absolute Gasteiger partial charge is 0.371 e. The Balaban J connectivity index is 1.63. The summed E-state index contributed by atoms with van der Waals surface area (Å²) in [6, 6.07) is -0.282. The highest BCUT2D eigenvalue weighted by Gasteiger charge is 2.44. The number of carbonyl (C=O) groups excluding carboxylic acids is 2. The van der Waals surface area contributed by atoms with Crippen molar-refractivity contribution in [1.29, 1.82) is 0 Å². The van der Waals surface area contributed by atoms with Gasteiger partial charge in [-0.25, -0.2) is 0 Å². The minimum absolute atomic E-state index is 0.0336. The van der Waals surface area contributed by atoms with Gasteiger partial charge in [-0.3, -0.25) is 9.59 Å². The Morgan fingerprint density at radius 1 is 1.32 bits per heavy atom. The molecular weight excluding hydrogens is 244 g/mol. The van der Waals surface area contributed by atoms with Gasteiger partial charge in [0.15, 0.2) is 0 Å². The maximum Gasteiger partial charge on any atom is 0.245 e. The van der Waals surface area contributed by atoms with Crippen molar-refractivity contribution in [3.63, 3.8) is 0 Å². The van der Waals surface area contributed by atoms with E-state index in [1.54, 1.807) is 4.90 Å². The standard InChI is InChI=1S/C14H22N2O3/c1-14(2)6-5-10(19-14)7-16-8-11(17)15-12(13(16)18)9-3-4-9/h9-10,12H,3-8H2,1-2H3,(H,15,17). The molecule has 0 aromatic heterocycles. The summed E-state index contributed by atoms with van der Waals surface area (Å²) in [7, 11) is 0. The molecule has 0 bridgehead atoms. The molecule has 1 saturated carbocycles. The minimum atomic E-state index is -0.282. The average molecular weight is 266 g/mol. The van der Waals surface area contributed by atoms with Crippen LogP contribution < -0.4 is 5.32 Å². The summed E-state index contributed by atoms with van der Waals surface area (Å²) in [5.41, 5.74) is -0.0956. The van der Waals surface area contributed by atoms with Crippen molar-refractivity contribution >= 4 is 11.8 Å². The van der Waals surface area contributed by atoms with Crippen LogP contribution in [0.5, 0.6) is 0 Å². The third-order valence-electron chi connectivity index (χ3n) is 4.30. The Kier molecular flexibility index (Phi) is 3.04. The van der Waals surface area contributed by atoms with Crippen molar-refractivity contribution in [2.45, 2.75) is 57.3 Å². The van der Waals surface area contributed by atoms with Crippen LogP contribution in [-0.4, -0.2) is 47.6 Å². The molecule has 5 heteroatoms. The van der Waals surface area contributed by atoms with Gasteiger partial charge in [-0.05, 0) is 45.4 Å². The third-order valence-corrected chi connectivity index (χ3v) is 4.30. The fraction of sp³-hybridized carbons (Fsp3) is 0.857. The molecule has 0 aromatic carbocycles. The summed E-state index contributed by atoms with van der Waals surface area (Å²) in [4.78, 5) is 25.8. The Hall–Kier alpha value is -1.10. The lowest BCUT2D eigenvalue weighted by Gasteiger charge is -2.34. The lowest BCUT2D eigenvalue weighted by molar-refractivity contribution is -0.147. The molecule has 2 saturated heterocycles. The fourth-order valence-electron chi connectivity index (χ4n) is 3.08. The summed E-state index contributed by atoms with van der Waals surface area (Å²) in [5, 5.41) is 2.83. The summed E-state index contributed by atoms with van der Waals surface area (Å²) < 4.78 is 5.92. The fourth-order valence-corrected chi connectivity index (χ4v) is 3.08. The topological polar surface area (TPSA) is 58.6 Å². The molecule has 19 heavy (non-hydrogen) atoms. The Bertz CT molecular complexity index is 403. The van der Waals surface area contributed by atoms with E-state index in [1.165, 1.54) is 0 Å². The van der Waals surface area contributed by atoms with Crippen LogP contribution in [-0.2, 0) is 14.3 Å². The highest BCUT2D eigenvalue weighted by Crippen LogP contribution is 2.35. The van der Waals surface area contributed by atoms with E-state index in [0.717, 1.165) is 25.7 Å². The molecule has 2 atom stereocenters. The summed E-state index contributed by atoms with van der Waals surface area (Å²) in [5.74, 6) is 0.407. The first-order valence-corrected chi connectivity index (χ1v) is 7.20. The SMILES string of the molecule is CC1(C)CCC(CN2CC(=O)NC(C3CC3)C2=O)O1. The van der Waals surface area contributed by atoms with Gasteiger partial charge >= 0.3 is 0 Å². The van der Waals surface area contributed by atoms with Crippen molar-refractivity contribution in [2.75, 3.05) is 13.1 Å². The molecular formula is C14H22N2O3. The van der Waals surface area contributed by atoms with Gasteiger partial charge in [-0.1, -0.05) is 0 Å². The predicted molar refractivity (Wildman–Crippen MR) is 69.4 cm³/mol. The molecule has 1 aliphatic carbocycles. The number of amides is 2. The molecule has 0 aromatic rings. The van der Waals surface area contributed by atoms with Gasteiger partial charge < -0.3 is 15.0 Å². The first-order chi connectivity index (χ1) is 8.94. The van der Waals surface area contributed by atoms with E-state index in [0.29, 0.717) is 12.5 Å². The van der Waals surface area contributed by atoms with Crippen LogP contribution in [0, 0.1) is 5.92 Å². The summed E-state index contributed by atoms with van der Waals surface area (Å²) >= 11 is 0. The van der Waals surface area contributed by atoms with Crippen molar-refractivity contribution in [1.82, 2.24) is 10.2 Å². The quantitative estimate of drug-likeness (QED) is 0.817. The molecule has 2 amide bonds. The number of rotatable bonds is 3. The Labute approximate surface area is 113 Å². The first-order valence-electron chi connectivity index (χ1n) is 7.20. The second-order valence-corrected chi connectivity index (χ2v) is 6.64. The monoisotopic (exact) mass is 266 g/mol. The maximum absolute atomic E-state index is 12.4. The van der Waals surface area contributed by atoms with Crippen LogP contribution in [0.2, 0.25) is 0 Å². The molecule has 3 rings (SSSR count). The average Bonchev–Trinajstić information content (AvgIpc) is 3.09. The van der Waals surface area contributed by atoms with E-state index in [9.17, 15) is 9.59 Å². The van der Waals surface area contributed by atoms with Gasteiger partial charge in [0.1, 0.15) is 6.04 Å². The number of piperazine rings is 1. The Morgan fingerprint density at radius 2 is 2.05 bits per heavy atom. The van der Waals surface area contributed by atoms with Crippen molar-refractivity contribution in [3.05, 3.63) is 0 Å². The normalized spacial score (nSPS) is 34.5. The van der Waals surface area contributed by atoms with Crippen molar-refractivity contribution < 1.29 is 14.3 Å². The third kappa shape index (κ3) is 2.76. The van der Waals surface area contributed by atoms with Crippen molar-refractivity contribution in [3.8, 4) is 0 Å². The molecule has 2 unspecified atom stereocenters. The summed E-state index contributed by atoms with van der Waals surface area (Å²) in [6.07, 6.45) is 4.16. The highest BCUT2D eigenvalue weighted by molar-refractivity contribution is 5.95. The Morgan fingerprint density at radius 3 is 2.63 bits per heavy atom. The molecule has 3 aliphatic rings.